The molecule has 0 bridgehead atoms. The van der Waals surface area contributed by atoms with Crippen molar-refractivity contribution in [2.75, 3.05) is 6.61 Å². The van der Waals surface area contributed by atoms with Crippen LogP contribution in [0, 0.1) is 0 Å². The number of aliphatic hydroxyl groups is 5. The Morgan fingerprint density at radius 1 is 0.588 bits per heavy atom. The molecule has 0 aromatic heterocycles. The van der Waals surface area contributed by atoms with Crippen LogP contribution >= 0.6 is 0 Å². The Morgan fingerprint density at radius 2 is 0.961 bits per heavy atom. The molecule has 0 saturated carbocycles. The largest absolute Gasteiger partial charge is 0.392 e. The third-order valence-electron chi connectivity index (χ3n) is 11.3. The van der Waals surface area contributed by atoms with Gasteiger partial charge in [0.15, 0.2) is 0 Å². The van der Waals surface area contributed by atoms with E-state index in [0.717, 1.165) is 96.3 Å². The SMILES string of the molecule is C/C(=C\CO)CC/C=C(\C)CC/C=C(\C)CC/C=C(\C)CCCC(C)(O)CCCC(C)(O)CCCC(C)(O)CCCC1(C)CCC(C(C)(C)O)O1. The lowest BCUT2D eigenvalue weighted by molar-refractivity contribution is -0.119. The highest BCUT2D eigenvalue weighted by Crippen LogP contribution is 2.39. The van der Waals surface area contributed by atoms with Gasteiger partial charge in [0.2, 0.25) is 0 Å². The molecule has 0 amide bonds. The van der Waals surface area contributed by atoms with Gasteiger partial charge in [-0.3, -0.25) is 0 Å². The van der Waals surface area contributed by atoms with Gasteiger partial charge in [0, 0.05) is 0 Å². The molecule has 1 rings (SSSR count). The first kappa shape index (κ1) is 47.7. The fourth-order valence-electron chi connectivity index (χ4n) is 7.45. The second kappa shape index (κ2) is 22.8. The molecule has 5 unspecified atom stereocenters. The van der Waals surface area contributed by atoms with Crippen LogP contribution in [-0.2, 0) is 4.74 Å². The number of hydrogen-bond acceptors (Lipinski definition) is 6. The van der Waals surface area contributed by atoms with Crippen molar-refractivity contribution in [2.24, 2.45) is 0 Å². The van der Waals surface area contributed by atoms with Gasteiger partial charge in [-0.2, -0.15) is 0 Å². The van der Waals surface area contributed by atoms with Crippen molar-refractivity contribution in [2.45, 2.75) is 232 Å². The van der Waals surface area contributed by atoms with Crippen LogP contribution < -0.4 is 0 Å². The molecule has 6 heteroatoms. The van der Waals surface area contributed by atoms with E-state index in [1.54, 1.807) is 0 Å². The van der Waals surface area contributed by atoms with Crippen molar-refractivity contribution in [1.82, 2.24) is 0 Å². The summed E-state index contributed by atoms with van der Waals surface area (Å²) in [6.07, 6.45) is 26.3. The van der Waals surface area contributed by atoms with Crippen LogP contribution in [-0.4, -0.2) is 66.2 Å². The third-order valence-corrected chi connectivity index (χ3v) is 11.3. The molecule has 0 aliphatic carbocycles. The van der Waals surface area contributed by atoms with E-state index in [2.05, 4.69) is 52.8 Å². The second-order valence-electron chi connectivity index (χ2n) is 18.2. The standard InChI is InChI=1S/C45H82O6/c1-36(18-11-19-37(2)21-13-23-39(4)26-35-46)20-12-22-38(3)24-14-27-42(7,48)28-15-29-43(8,49)30-16-31-44(9,50)32-17-33-45(10)34-25-40(51-45)41(5,6)47/h18,21-22,26,40,46-50H,11-17,19-20,23-25,27-35H2,1-10H3/b36-18+,37-21+,38-22+,39-26+. The predicted octanol–water partition coefficient (Wildman–Crippen LogP) is 10.7. The van der Waals surface area contributed by atoms with Gasteiger partial charge in [-0.05, 0) is 198 Å². The van der Waals surface area contributed by atoms with Crippen LogP contribution in [0.4, 0.5) is 0 Å². The Kier molecular flexibility index (Phi) is 21.4. The molecule has 1 fully saturated rings. The Morgan fingerprint density at radius 3 is 1.35 bits per heavy atom. The number of allylic oxidation sites excluding steroid dienone is 7. The van der Waals surface area contributed by atoms with E-state index >= 15 is 0 Å². The molecule has 1 saturated heterocycles. The highest BCUT2D eigenvalue weighted by atomic mass is 16.5. The summed E-state index contributed by atoms with van der Waals surface area (Å²) >= 11 is 0. The Hall–Kier alpha value is -1.28. The molecule has 0 aromatic rings. The lowest BCUT2D eigenvalue weighted by Gasteiger charge is -2.31. The van der Waals surface area contributed by atoms with E-state index in [9.17, 15) is 20.4 Å². The van der Waals surface area contributed by atoms with Crippen molar-refractivity contribution >= 4 is 0 Å². The fourth-order valence-corrected chi connectivity index (χ4v) is 7.45. The van der Waals surface area contributed by atoms with Gasteiger partial charge >= 0.3 is 0 Å². The maximum Gasteiger partial charge on any atom is 0.0864 e. The summed E-state index contributed by atoms with van der Waals surface area (Å²) in [6, 6.07) is 0. The summed E-state index contributed by atoms with van der Waals surface area (Å²) in [5, 5.41) is 52.3. The van der Waals surface area contributed by atoms with Crippen molar-refractivity contribution in [1.29, 1.82) is 0 Å². The lowest BCUT2D eigenvalue weighted by Crippen LogP contribution is -2.38. The highest BCUT2D eigenvalue weighted by molar-refractivity contribution is 5.07. The van der Waals surface area contributed by atoms with Crippen molar-refractivity contribution in [3.63, 3.8) is 0 Å². The van der Waals surface area contributed by atoms with E-state index in [-0.39, 0.29) is 18.3 Å². The Labute approximate surface area is 314 Å². The van der Waals surface area contributed by atoms with Crippen LogP contribution in [0.2, 0.25) is 0 Å². The summed E-state index contributed by atoms with van der Waals surface area (Å²) in [5.41, 5.74) is 2.14. The molecule has 5 N–H and O–H groups in total. The fraction of sp³-hybridized carbons (Fsp3) is 0.822. The quantitative estimate of drug-likeness (QED) is 0.0541. The molecule has 5 atom stereocenters. The molecular weight excluding hydrogens is 636 g/mol. The van der Waals surface area contributed by atoms with Gasteiger partial charge in [0.25, 0.3) is 0 Å². The summed E-state index contributed by atoms with van der Waals surface area (Å²) in [4.78, 5) is 0. The first-order valence-electron chi connectivity index (χ1n) is 20.4. The van der Waals surface area contributed by atoms with Crippen LogP contribution in [0.1, 0.15) is 198 Å². The minimum absolute atomic E-state index is 0.128. The molecule has 1 aliphatic heterocycles. The summed E-state index contributed by atoms with van der Waals surface area (Å²) < 4.78 is 6.21. The zero-order valence-electron chi connectivity index (χ0n) is 34.9. The average Bonchev–Trinajstić information content (AvgIpc) is 3.39. The van der Waals surface area contributed by atoms with E-state index in [1.165, 1.54) is 22.3 Å². The maximum atomic E-state index is 11.0. The normalized spacial score (nSPS) is 23.3. The van der Waals surface area contributed by atoms with E-state index in [0.29, 0.717) is 32.1 Å². The summed E-state index contributed by atoms with van der Waals surface area (Å²) in [6.45, 7) is 20.3. The second-order valence-corrected chi connectivity index (χ2v) is 18.2. The van der Waals surface area contributed by atoms with Crippen LogP contribution in [0.3, 0.4) is 0 Å². The number of hydrogen-bond donors (Lipinski definition) is 5. The van der Waals surface area contributed by atoms with E-state index in [1.807, 2.05) is 40.7 Å². The van der Waals surface area contributed by atoms with Crippen LogP contribution in [0.5, 0.6) is 0 Å². The zero-order chi connectivity index (χ0) is 38.8. The topological polar surface area (TPSA) is 110 Å². The first-order valence-corrected chi connectivity index (χ1v) is 20.4. The van der Waals surface area contributed by atoms with Gasteiger partial charge in [-0.25, -0.2) is 0 Å². The van der Waals surface area contributed by atoms with Crippen LogP contribution in [0.25, 0.3) is 0 Å². The Balaban J connectivity index is 2.26. The van der Waals surface area contributed by atoms with E-state index < -0.39 is 22.4 Å². The van der Waals surface area contributed by atoms with E-state index in [4.69, 9.17) is 9.84 Å². The third kappa shape index (κ3) is 23.2. The van der Waals surface area contributed by atoms with Crippen molar-refractivity contribution < 1.29 is 30.3 Å². The van der Waals surface area contributed by atoms with Crippen molar-refractivity contribution in [3.05, 3.63) is 46.6 Å². The van der Waals surface area contributed by atoms with Crippen molar-refractivity contribution in [3.8, 4) is 0 Å². The minimum Gasteiger partial charge on any atom is -0.392 e. The molecule has 1 aliphatic rings. The molecule has 1 heterocycles. The molecule has 51 heavy (non-hydrogen) atoms. The zero-order valence-corrected chi connectivity index (χ0v) is 34.9. The molecule has 6 nitrogen and oxygen atoms in total. The van der Waals surface area contributed by atoms with Gasteiger partial charge < -0.3 is 30.3 Å². The van der Waals surface area contributed by atoms with Gasteiger partial charge in [0.1, 0.15) is 0 Å². The monoisotopic (exact) mass is 719 g/mol. The maximum absolute atomic E-state index is 11.0. The lowest BCUT2D eigenvalue weighted by atomic mass is 9.84. The predicted molar refractivity (Wildman–Crippen MR) is 216 cm³/mol. The summed E-state index contributed by atoms with van der Waals surface area (Å²) in [7, 11) is 0. The van der Waals surface area contributed by atoms with Gasteiger partial charge in [-0.15, -0.1) is 0 Å². The highest BCUT2D eigenvalue weighted by Gasteiger charge is 2.42. The number of aliphatic hydroxyl groups excluding tert-OH is 1. The molecule has 0 radical (unpaired) electrons. The molecular formula is C45H82O6. The number of rotatable bonds is 27. The molecule has 0 aromatic carbocycles. The smallest absolute Gasteiger partial charge is 0.0864 e. The van der Waals surface area contributed by atoms with Crippen LogP contribution in [0.15, 0.2) is 46.6 Å². The number of ether oxygens (including phenoxy) is 1. The summed E-state index contributed by atoms with van der Waals surface area (Å²) in [5.74, 6) is 0. The van der Waals surface area contributed by atoms with Gasteiger partial charge in [0.05, 0.1) is 40.7 Å². The minimum atomic E-state index is -0.830. The first-order chi connectivity index (χ1) is 23.6. The average molecular weight is 719 g/mol. The van der Waals surface area contributed by atoms with Gasteiger partial charge in [-0.1, -0.05) is 46.6 Å². The molecule has 0 spiro atoms. The molecule has 298 valence electrons. The Bertz CT molecular complexity index is 1100.